The average Bonchev–Trinajstić information content (AvgIpc) is 2.30. The fourth-order valence-electron chi connectivity index (χ4n) is 1.53. The monoisotopic (exact) mass is 301 g/mol. The van der Waals surface area contributed by atoms with E-state index in [-0.39, 0.29) is 13.2 Å². The van der Waals surface area contributed by atoms with E-state index >= 15 is 0 Å². The van der Waals surface area contributed by atoms with Crippen LogP contribution in [0.15, 0.2) is 0 Å². The maximum absolute atomic E-state index is 12.6. The summed E-state index contributed by atoms with van der Waals surface area (Å²) in [5, 5.41) is -0.703. The topological polar surface area (TPSA) is 87.9 Å². The van der Waals surface area contributed by atoms with E-state index in [1.807, 2.05) is 0 Å². The molecule has 18 heavy (non-hydrogen) atoms. The highest BCUT2D eigenvalue weighted by Gasteiger charge is 2.39. The highest BCUT2D eigenvalue weighted by molar-refractivity contribution is 7.67. The number of rotatable bonds is 11. The van der Waals surface area contributed by atoms with Crippen molar-refractivity contribution in [2.45, 2.75) is 39.0 Å². The second-order valence-corrected chi connectivity index (χ2v) is 7.90. The molecule has 0 saturated carbocycles. The minimum Gasteiger partial charge on any atom is -0.330 e. The third kappa shape index (κ3) is 5.96. The van der Waals surface area contributed by atoms with E-state index < -0.39 is 21.0 Å². The molecule has 0 aliphatic carbocycles. The van der Waals surface area contributed by atoms with Crippen LogP contribution in [0.2, 0.25) is 0 Å². The van der Waals surface area contributed by atoms with Crippen LogP contribution in [0, 0.1) is 0 Å². The summed E-state index contributed by atoms with van der Waals surface area (Å²) in [6.07, 6.45) is 1.03. The molecule has 8 heteroatoms. The Hall–Kier alpha value is 0.300. The summed E-state index contributed by atoms with van der Waals surface area (Å²) in [5.41, 5.74) is 5.44. The van der Waals surface area contributed by atoms with Gasteiger partial charge < -0.3 is 19.3 Å². The molecule has 0 fully saturated rings. The molecule has 6 nitrogen and oxygen atoms in total. The lowest BCUT2D eigenvalue weighted by atomic mass is 10.3. The van der Waals surface area contributed by atoms with Crippen molar-refractivity contribution in [3.05, 3.63) is 0 Å². The molecule has 2 unspecified atom stereocenters. The summed E-state index contributed by atoms with van der Waals surface area (Å²) < 4.78 is 40.2. The molecule has 2 N–H and O–H groups in total. The first kappa shape index (κ1) is 18.3. The van der Waals surface area contributed by atoms with Crippen molar-refractivity contribution < 1.29 is 22.7 Å². The van der Waals surface area contributed by atoms with Crippen molar-refractivity contribution in [1.82, 2.24) is 0 Å². The van der Waals surface area contributed by atoms with E-state index in [0.717, 1.165) is 0 Å². The van der Waals surface area contributed by atoms with E-state index in [2.05, 4.69) is 0 Å². The molecule has 0 aliphatic rings. The van der Waals surface area contributed by atoms with E-state index in [4.69, 9.17) is 19.3 Å². The quantitative estimate of drug-likeness (QED) is 0.590. The molecule has 110 valence electrons. The van der Waals surface area contributed by atoms with Crippen molar-refractivity contribution in [2.75, 3.05) is 26.4 Å². The fourth-order valence-corrected chi connectivity index (χ4v) is 5.81. The summed E-state index contributed by atoms with van der Waals surface area (Å²) in [7, 11) is -5.86. The van der Waals surface area contributed by atoms with Crippen LogP contribution in [0.5, 0.6) is 0 Å². The van der Waals surface area contributed by atoms with Gasteiger partial charge >= 0.3 is 7.60 Å². The van der Waals surface area contributed by atoms with Crippen LogP contribution < -0.4 is 5.73 Å². The first-order valence-electron chi connectivity index (χ1n) is 6.31. The summed E-state index contributed by atoms with van der Waals surface area (Å²) in [6.45, 7) is 6.45. The molecule has 0 heterocycles. The number of hydrogen-bond acceptors (Lipinski definition) is 6. The van der Waals surface area contributed by atoms with Crippen molar-refractivity contribution >= 4 is 15.6 Å². The fraction of sp³-hybridized carbons (Fsp3) is 1.00. The van der Waals surface area contributed by atoms with Gasteiger partial charge in [-0.3, -0.25) is 9.13 Å². The molecule has 0 saturated heterocycles. The van der Waals surface area contributed by atoms with E-state index in [1.165, 1.54) is 0 Å². The Bertz CT molecular complexity index is 277. The van der Waals surface area contributed by atoms with Gasteiger partial charge in [0, 0.05) is 0 Å². The lowest BCUT2D eigenvalue weighted by molar-refractivity contribution is 0.214. The van der Waals surface area contributed by atoms with Gasteiger partial charge in [-0.1, -0.05) is 0 Å². The lowest BCUT2D eigenvalue weighted by Crippen LogP contribution is -2.13. The summed E-state index contributed by atoms with van der Waals surface area (Å²) in [6, 6.07) is 0. The van der Waals surface area contributed by atoms with E-state index in [1.54, 1.807) is 20.8 Å². The molecular weight excluding hydrogens is 276 g/mol. The van der Waals surface area contributed by atoms with Crippen molar-refractivity contribution in [1.29, 1.82) is 0 Å². The number of nitrogens with two attached hydrogens (primary N) is 1. The summed E-state index contributed by atoms with van der Waals surface area (Å²) >= 11 is 0. The SMILES string of the molecule is CCO[PH](=O)C(CCCN)P(=O)(OCC)OCC. The van der Waals surface area contributed by atoms with Gasteiger partial charge in [-0.25, -0.2) is 0 Å². The van der Waals surface area contributed by atoms with Gasteiger partial charge in [0.1, 0.15) is 5.40 Å². The van der Waals surface area contributed by atoms with Crippen LogP contribution in [0.3, 0.4) is 0 Å². The van der Waals surface area contributed by atoms with Crippen LogP contribution in [-0.2, 0) is 22.7 Å². The third-order valence-electron chi connectivity index (χ3n) is 2.24. The molecule has 0 aromatic carbocycles. The highest BCUT2D eigenvalue weighted by atomic mass is 31.2. The van der Waals surface area contributed by atoms with Gasteiger partial charge in [-0.05, 0) is 40.2 Å². The summed E-state index contributed by atoms with van der Waals surface area (Å²) in [4.78, 5) is 0. The first-order chi connectivity index (χ1) is 8.55. The van der Waals surface area contributed by atoms with Crippen LogP contribution in [0.4, 0.5) is 0 Å². The molecule has 0 bridgehead atoms. The number of hydrogen-bond donors (Lipinski definition) is 1. The zero-order valence-electron chi connectivity index (χ0n) is 11.4. The standard InChI is InChI=1S/C10H25NO5P2/c1-4-14-17(12)10(8-7-9-11)18(13,15-5-2)16-6-3/h10,17H,4-9,11H2,1-3H3. The van der Waals surface area contributed by atoms with E-state index in [9.17, 15) is 9.13 Å². The van der Waals surface area contributed by atoms with E-state index in [0.29, 0.717) is 26.0 Å². The Labute approximate surface area is 110 Å². The molecule has 0 amide bonds. The maximum Gasteiger partial charge on any atom is 0.343 e. The minimum atomic E-state index is -3.39. The van der Waals surface area contributed by atoms with Gasteiger partial charge in [0.2, 0.25) is 8.03 Å². The second kappa shape index (κ2) is 10.1. The largest absolute Gasteiger partial charge is 0.343 e. The van der Waals surface area contributed by atoms with Crippen LogP contribution in [0.25, 0.3) is 0 Å². The van der Waals surface area contributed by atoms with Crippen LogP contribution in [0.1, 0.15) is 33.6 Å². The predicted octanol–water partition coefficient (Wildman–Crippen LogP) is 2.83. The van der Waals surface area contributed by atoms with Crippen LogP contribution in [-0.4, -0.2) is 31.8 Å². The zero-order valence-corrected chi connectivity index (χ0v) is 13.3. The Kier molecular flexibility index (Phi) is 10.3. The minimum absolute atomic E-state index is 0.248. The smallest absolute Gasteiger partial charge is 0.330 e. The second-order valence-electron chi connectivity index (χ2n) is 3.57. The highest BCUT2D eigenvalue weighted by Crippen LogP contribution is 2.62. The van der Waals surface area contributed by atoms with Crippen molar-refractivity contribution in [3.63, 3.8) is 0 Å². The zero-order chi connectivity index (χ0) is 14.0. The normalized spacial score (nSPS) is 15.6. The van der Waals surface area contributed by atoms with Crippen molar-refractivity contribution in [3.8, 4) is 0 Å². The van der Waals surface area contributed by atoms with Gasteiger partial charge in [0.15, 0.2) is 0 Å². The Morgan fingerprint density at radius 2 is 1.72 bits per heavy atom. The molecule has 0 aromatic heterocycles. The first-order valence-corrected chi connectivity index (χ1v) is 9.31. The van der Waals surface area contributed by atoms with Gasteiger partial charge in [-0.2, -0.15) is 0 Å². The average molecular weight is 301 g/mol. The van der Waals surface area contributed by atoms with Crippen molar-refractivity contribution in [2.24, 2.45) is 5.73 Å². The van der Waals surface area contributed by atoms with Gasteiger partial charge in [-0.15, -0.1) is 0 Å². The Morgan fingerprint density at radius 1 is 1.17 bits per heavy atom. The van der Waals surface area contributed by atoms with Crippen LogP contribution >= 0.6 is 15.6 Å². The molecule has 0 rings (SSSR count). The Balaban J connectivity index is 4.96. The molecule has 0 aromatic rings. The molecule has 0 radical (unpaired) electrons. The van der Waals surface area contributed by atoms with Gasteiger partial charge in [0.05, 0.1) is 19.8 Å². The Morgan fingerprint density at radius 3 is 2.11 bits per heavy atom. The molecule has 2 atom stereocenters. The van der Waals surface area contributed by atoms with Gasteiger partial charge in [0.25, 0.3) is 0 Å². The predicted molar refractivity (Wildman–Crippen MR) is 73.6 cm³/mol. The molecule has 0 aliphatic heterocycles. The molecular formula is C10H25NO5P2. The lowest BCUT2D eigenvalue weighted by Gasteiger charge is -2.25. The summed E-state index contributed by atoms with van der Waals surface area (Å²) in [5.74, 6) is 0. The third-order valence-corrected chi connectivity index (χ3v) is 7.49. The molecule has 0 spiro atoms. The maximum atomic E-state index is 12.6.